The number of aliphatic imine (C=N–C) groups is 1. The Labute approximate surface area is 180 Å². The van der Waals surface area contributed by atoms with Gasteiger partial charge in [-0.05, 0) is 50.7 Å². The van der Waals surface area contributed by atoms with Crippen molar-refractivity contribution in [1.82, 2.24) is 9.88 Å². The van der Waals surface area contributed by atoms with Crippen molar-refractivity contribution < 1.29 is 17.9 Å². The van der Waals surface area contributed by atoms with E-state index in [1.54, 1.807) is 6.08 Å². The average Bonchev–Trinajstić information content (AvgIpc) is 3.20. The second-order valence-corrected chi connectivity index (χ2v) is 9.03. The minimum atomic E-state index is -4.58. The lowest BCUT2D eigenvalue weighted by Crippen LogP contribution is -2.43. The van der Waals surface area contributed by atoms with Gasteiger partial charge in [0, 0.05) is 54.3 Å². The Bertz CT molecular complexity index is 864. The molecular weight excluding hydrogens is 407 g/mol. The molecule has 0 bridgehead atoms. The fraction of sp³-hybridized carbons (Fsp3) is 0.636. The molecule has 3 fully saturated rings. The number of hydrogen-bond acceptors (Lipinski definition) is 6. The van der Waals surface area contributed by atoms with Gasteiger partial charge in [0.05, 0.1) is 18.8 Å². The molecule has 2 unspecified atom stereocenters. The highest BCUT2D eigenvalue weighted by Crippen LogP contribution is 2.59. The van der Waals surface area contributed by atoms with E-state index in [0.29, 0.717) is 23.8 Å². The molecule has 3 aliphatic rings. The molecule has 1 aromatic heterocycles. The molecule has 4 atom stereocenters. The van der Waals surface area contributed by atoms with E-state index in [2.05, 4.69) is 9.88 Å². The zero-order chi connectivity index (χ0) is 22.3. The number of hydrogen-bond donors (Lipinski definition) is 2. The summed E-state index contributed by atoms with van der Waals surface area (Å²) in [6.07, 6.45) is 0.694. The van der Waals surface area contributed by atoms with Crippen molar-refractivity contribution in [3.8, 4) is 0 Å². The number of allylic oxidation sites excluding steroid dienone is 1. The van der Waals surface area contributed by atoms with Gasteiger partial charge in [0.25, 0.3) is 0 Å². The number of rotatable bonds is 5. The van der Waals surface area contributed by atoms with Crippen LogP contribution in [0, 0.1) is 17.8 Å². The van der Waals surface area contributed by atoms with Crippen LogP contribution in [-0.4, -0.2) is 54.0 Å². The van der Waals surface area contributed by atoms with Crippen LogP contribution < -0.4 is 11.5 Å². The molecule has 0 aromatic carbocycles. The van der Waals surface area contributed by atoms with Crippen LogP contribution in [0.1, 0.15) is 37.8 Å². The molecule has 2 aliphatic carbocycles. The molecule has 2 heterocycles. The van der Waals surface area contributed by atoms with Gasteiger partial charge in [-0.25, -0.2) is 4.98 Å². The number of nitrogen functional groups attached to an aromatic ring is 1. The summed E-state index contributed by atoms with van der Waals surface area (Å²) in [6, 6.07) is 1.63. The summed E-state index contributed by atoms with van der Waals surface area (Å²) < 4.78 is 45.0. The zero-order valence-electron chi connectivity index (χ0n) is 17.9. The van der Waals surface area contributed by atoms with Crippen LogP contribution in [0.15, 0.2) is 23.3 Å². The fourth-order valence-electron chi connectivity index (χ4n) is 5.11. The Kier molecular flexibility index (Phi) is 6.00. The Balaban J connectivity index is 1.51. The molecule has 0 amide bonds. The van der Waals surface area contributed by atoms with Gasteiger partial charge < -0.3 is 16.2 Å². The second kappa shape index (κ2) is 8.43. The fourth-order valence-corrected chi connectivity index (χ4v) is 5.11. The largest absolute Gasteiger partial charge is 0.419 e. The summed E-state index contributed by atoms with van der Waals surface area (Å²) in [7, 11) is 0. The minimum Gasteiger partial charge on any atom is -0.398 e. The van der Waals surface area contributed by atoms with E-state index >= 15 is 0 Å². The number of fused-ring (bicyclic) bond motifs is 1. The highest BCUT2D eigenvalue weighted by Gasteiger charge is 2.58. The highest BCUT2D eigenvalue weighted by atomic mass is 19.4. The maximum absolute atomic E-state index is 13.2. The van der Waals surface area contributed by atoms with E-state index in [-0.39, 0.29) is 17.3 Å². The number of alkyl halides is 3. The lowest BCUT2D eigenvalue weighted by Gasteiger charge is -2.33. The van der Waals surface area contributed by atoms with E-state index in [1.807, 2.05) is 13.8 Å². The van der Waals surface area contributed by atoms with Crippen molar-refractivity contribution in [1.29, 1.82) is 0 Å². The van der Waals surface area contributed by atoms with Crippen LogP contribution >= 0.6 is 0 Å². The SMILES string of the molecule is CC(C)N=C(C=C(N)c1cnc(N)c(C(F)(F)F)c1)C1[C@H]2CC(N3CCOCC3)C[C@@H]12. The predicted molar refractivity (Wildman–Crippen MR) is 114 cm³/mol. The van der Waals surface area contributed by atoms with Crippen LogP contribution in [0.4, 0.5) is 19.0 Å². The quantitative estimate of drug-likeness (QED) is 0.691. The van der Waals surface area contributed by atoms with Crippen LogP contribution in [0.3, 0.4) is 0 Å². The minimum absolute atomic E-state index is 0.0747. The molecule has 4 rings (SSSR count). The molecule has 31 heavy (non-hydrogen) atoms. The monoisotopic (exact) mass is 437 g/mol. The smallest absolute Gasteiger partial charge is 0.398 e. The van der Waals surface area contributed by atoms with Gasteiger partial charge in [-0.1, -0.05) is 0 Å². The Morgan fingerprint density at radius 3 is 2.48 bits per heavy atom. The topological polar surface area (TPSA) is 89.8 Å². The molecule has 1 saturated heterocycles. The molecular formula is C22H30F3N5O. The normalized spacial score (nSPS) is 30.0. The van der Waals surface area contributed by atoms with Gasteiger partial charge in [0.15, 0.2) is 0 Å². The second-order valence-electron chi connectivity index (χ2n) is 9.03. The number of nitrogens with zero attached hydrogens (tertiary/aromatic N) is 3. The van der Waals surface area contributed by atoms with Crippen LogP contribution in [0.2, 0.25) is 0 Å². The third-order valence-electron chi connectivity index (χ3n) is 6.59. The first kappa shape index (κ1) is 22.1. The first-order valence-corrected chi connectivity index (χ1v) is 10.8. The van der Waals surface area contributed by atoms with E-state index in [9.17, 15) is 13.2 Å². The van der Waals surface area contributed by atoms with Crippen molar-refractivity contribution in [3.63, 3.8) is 0 Å². The van der Waals surface area contributed by atoms with Gasteiger partial charge >= 0.3 is 6.18 Å². The number of pyridine rings is 1. The molecule has 6 nitrogen and oxygen atoms in total. The summed E-state index contributed by atoms with van der Waals surface area (Å²) >= 11 is 0. The van der Waals surface area contributed by atoms with Crippen molar-refractivity contribution in [2.45, 2.75) is 44.9 Å². The lowest BCUT2D eigenvalue weighted by molar-refractivity contribution is -0.137. The number of nitrogens with two attached hydrogens (primary N) is 2. The molecule has 0 spiro atoms. The molecule has 1 aromatic rings. The molecule has 170 valence electrons. The van der Waals surface area contributed by atoms with Crippen LogP contribution in [0.25, 0.3) is 5.70 Å². The summed E-state index contributed by atoms with van der Waals surface area (Å²) in [4.78, 5) is 11.0. The Morgan fingerprint density at radius 2 is 1.90 bits per heavy atom. The van der Waals surface area contributed by atoms with Gasteiger partial charge in [0.2, 0.25) is 0 Å². The molecule has 0 radical (unpaired) electrons. The maximum atomic E-state index is 13.2. The number of anilines is 1. The van der Waals surface area contributed by atoms with E-state index < -0.39 is 17.6 Å². The van der Waals surface area contributed by atoms with E-state index in [0.717, 1.165) is 50.9 Å². The van der Waals surface area contributed by atoms with E-state index in [4.69, 9.17) is 21.2 Å². The van der Waals surface area contributed by atoms with Crippen LogP contribution in [0.5, 0.6) is 0 Å². The number of halogens is 3. The van der Waals surface area contributed by atoms with Crippen molar-refractivity contribution in [2.75, 3.05) is 32.0 Å². The number of morpholine rings is 1. The third-order valence-corrected chi connectivity index (χ3v) is 6.59. The zero-order valence-corrected chi connectivity index (χ0v) is 17.9. The predicted octanol–water partition coefficient (Wildman–Crippen LogP) is 3.19. The van der Waals surface area contributed by atoms with E-state index in [1.165, 1.54) is 6.20 Å². The molecule has 9 heteroatoms. The molecule has 2 saturated carbocycles. The lowest BCUT2D eigenvalue weighted by atomic mass is 10.00. The van der Waals surface area contributed by atoms with Gasteiger partial charge in [0.1, 0.15) is 5.82 Å². The highest BCUT2D eigenvalue weighted by molar-refractivity contribution is 6.04. The molecule has 4 N–H and O–H groups in total. The average molecular weight is 438 g/mol. The first-order chi connectivity index (χ1) is 14.6. The standard InChI is InChI=1S/C22H30F3N5O/c1-12(2)29-19(10-18(26)13-7-17(22(23,24)25)21(27)28-11-13)20-15-8-14(9-16(15)20)30-3-5-31-6-4-30/h7,10-12,14-16,20H,3-6,8-9,26H2,1-2H3,(H2,27,28)/t14?,15-,16+,20?. The summed E-state index contributed by atoms with van der Waals surface area (Å²) in [6.45, 7) is 7.55. The van der Waals surface area contributed by atoms with Gasteiger partial charge in [-0.3, -0.25) is 9.89 Å². The Hall–Kier alpha value is -2.13. The van der Waals surface area contributed by atoms with Gasteiger partial charge in [-0.15, -0.1) is 0 Å². The number of ether oxygens (including phenoxy) is 1. The van der Waals surface area contributed by atoms with Crippen LogP contribution in [-0.2, 0) is 10.9 Å². The van der Waals surface area contributed by atoms with Crippen molar-refractivity contribution in [3.05, 3.63) is 29.5 Å². The van der Waals surface area contributed by atoms with Gasteiger partial charge in [-0.2, -0.15) is 13.2 Å². The third kappa shape index (κ3) is 4.72. The first-order valence-electron chi connectivity index (χ1n) is 10.8. The Morgan fingerprint density at radius 1 is 1.26 bits per heavy atom. The summed E-state index contributed by atoms with van der Waals surface area (Å²) in [5, 5.41) is 0. The number of aromatic nitrogens is 1. The summed E-state index contributed by atoms with van der Waals surface area (Å²) in [5.41, 5.74) is 12.0. The van der Waals surface area contributed by atoms with Crippen molar-refractivity contribution in [2.24, 2.45) is 28.5 Å². The maximum Gasteiger partial charge on any atom is 0.419 e. The molecule has 1 aliphatic heterocycles. The summed E-state index contributed by atoms with van der Waals surface area (Å²) in [5.74, 6) is 0.891. The van der Waals surface area contributed by atoms with Crippen molar-refractivity contribution >= 4 is 17.2 Å².